The number of nitrogens with one attached hydrogen (secondary N) is 1. The van der Waals surface area contributed by atoms with Crippen molar-refractivity contribution in [2.45, 2.75) is 44.7 Å². The first-order valence-corrected chi connectivity index (χ1v) is 12.2. The zero-order valence-electron chi connectivity index (χ0n) is 18.0. The van der Waals surface area contributed by atoms with Crippen molar-refractivity contribution in [3.8, 4) is 0 Å². The molecule has 0 radical (unpaired) electrons. The number of piperidine rings is 1. The lowest BCUT2D eigenvalue weighted by atomic mass is 10.0. The standard InChI is InChI=1S/C23H26N4O2S2/c1-14-6-4-5-7-18(14)21(29)26-17-8-10-27(11-9-17)19(28)12-30-22-20-15(2)16(3)31-23(20)25-13-24-22/h4-7,13,17H,8-12H2,1-3H3,(H,26,29). The third-order valence-electron chi connectivity index (χ3n) is 5.84. The molecule has 1 aromatic carbocycles. The number of nitrogens with zero attached hydrogens (tertiary/aromatic N) is 3. The van der Waals surface area contributed by atoms with Gasteiger partial charge < -0.3 is 10.2 Å². The van der Waals surface area contributed by atoms with Gasteiger partial charge in [-0.3, -0.25) is 9.59 Å². The van der Waals surface area contributed by atoms with E-state index in [1.807, 2.05) is 36.1 Å². The first-order valence-electron chi connectivity index (χ1n) is 10.4. The number of hydrogen-bond donors (Lipinski definition) is 1. The molecule has 1 aliphatic rings. The van der Waals surface area contributed by atoms with E-state index in [0.717, 1.165) is 33.6 Å². The van der Waals surface area contributed by atoms with Gasteiger partial charge in [0.15, 0.2) is 0 Å². The summed E-state index contributed by atoms with van der Waals surface area (Å²) >= 11 is 3.15. The van der Waals surface area contributed by atoms with Crippen molar-refractivity contribution in [3.63, 3.8) is 0 Å². The van der Waals surface area contributed by atoms with Crippen LogP contribution in [0.15, 0.2) is 35.6 Å². The average molecular weight is 455 g/mol. The highest BCUT2D eigenvalue weighted by molar-refractivity contribution is 8.00. The number of thiophene rings is 1. The maximum absolute atomic E-state index is 12.8. The van der Waals surface area contributed by atoms with E-state index < -0.39 is 0 Å². The number of carbonyl (C=O) groups is 2. The van der Waals surface area contributed by atoms with Crippen LogP contribution in [0, 0.1) is 20.8 Å². The Kier molecular flexibility index (Phi) is 6.57. The molecule has 0 aliphatic carbocycles. The first kappa shape index (κ1) is 21.8. The Hall–Kier alpha value is -2.45. The van der Waals surface area contributed by atoms with E-state index in [9.17, 15) is 9.59 Å². The minimum absolute atomic E-state index is 0.0346. The van der Waals surface area contributed by atoms with Gasteiger partial charge in [-0.05, 0) is 50.8 Å². The van der Waals surface area contributed by atoms with Gasteiger partial charge in [-0.1, -0.05) is 30.0 Å². The highest BCUT2D eigenvalue weighted by Crippen LogP contribution is 2.34. The molecule has 2 amide bonds. The number of hydrogen-bond acceptors (Lipinski definition) is 6. The number of rotatable bonds is 5. The molecule has 1 aliphatic heterocycles. The van der Waals surface area contributed by atoms with E-state index >= 15 is 0 Å². The van der Waals surface area contributed by atoms with Crippen LogP contribution >= 0.6 is 23.1 Å². The SMILES string of the molecule is Cc1ccccc1C(=O)NC1CCN(C(=O)CSc2ncnc3sc(C)c(C)c23)CC1. The van der Waals surface area contributed by atoms with E-state index in [0.29, 0.717) is 24.4 Å². The van der Waals surface area contributed by atoms with E-state index in [-0.39, 0.29) is 17.9 Å². The Balaban J connectivity index is 1.30. The van der Waals surface area contributed by atoms with Gasteiger partial charge >= 0.3 is 0 Å². The number of thioether (sulfide) groups is 1. The van der Waals surface area contributed by atoms with Crippen LogP contribution in [0.5, 0.6) is 0 Å². The summed E-state index contributed by atoms with van der Waals surface area (Å²) in [7, 11) is 0. The first-order chi connectivity index (χ1) is 14.9. The van der Waals surface area contributed by atoms with Gasteiger partial charge in [-0.2, -0.15) is 0 Å². The predicted molar refractivity (Wildman–Crippen MR) is 126 cm³/mol. The molecule has 1 saturated heterocycles. The third kappa shape index (κ3) is 4.75. The van der Waals surface area contributed by atoms with E-state index in [1.54, 1.807) is 17.7 Å². The van der Waals surface area contributed by atoms with Crippen LogP contribution in [-0.2, 0) is 4.79 Å². The highest BCUT2D eigenvalue weighted by Gasteiger charge is 2.25. The van der Waals surface area contributed by atoms with Crippen LogP contribution in [0.2, 0.25) is 0 Å². The summed E-state index contributed by atoms with van der Waals surface area (Å²) in [6.45, 7) is 7.43. The van der Waals surface area contributed by atoms with Gasteiger partial charge in [-0.25, -0.2) is 9.97 Å². The lowest BCUT2D eigenvalue weighted by molar-refractivity contribution is -0.129. The molecule has 1 fully saturated rings. The van der Waals surface area contributed by atoms with Crippen molar-refractivity contribution in [3.05, 3.63) is 52.2 Å². The van der Waals surface area contributed by atoms with Gasteiger partial charge in [0, 0.05) is 35.0 Å². The van der Waals surface area contributed by atoms with E-state index in [2.05, 4.69) is 29.1 Å². The molecule has 0 saturated carbocycles. The van der Waals surface area contributed by atoms with Crippen molar-refractivity contribution < 1.29 is 9.59 Å². The maximum atomic E-state index is 12.8. The smallest absolute Gasteiger partial charge is 0.251 e. The monoisotopic (exact) mass is 454 g/mol. The van der Waals surface area contributed by atoms with Crippen LogP contribution < -0.4 is 5.32 Å². The summed E-state index contributed by atoms with van der Waals surface area (Å²) in [4.78, 5) is 38.2. The second kappa shape index (κ2) is 9.36. The summed E-state index contributed by atoms with van der Waals surface area (Å²) in [6.07, 6.45) is 3.12. The molecule has 0 unspecified atom stereocenters. The van der Waals surface area contributed by atoms with Gasteiger partial charge in [0.1, 0.15) is 16.2 Å². The Bertz CT molecular complexity index is 1120. The molecule has 0 atom stereocenters. The molecule has 31 heavy (non-hydrogen) atoms. The largest absolute Gasteiger partial charge is 0.349 e. The average Bonchev–Trinajstić information content (AvgIpc) is 3.07. The molecule has 4 rings (SSSR count). The Morgan fingerprint density at radius 3 is 2.65 bits per heavy atom. The molecule has 162 valence electrons. The summed E-state index contributed by atoms with van der Waals surface area (Å²) < 4.78 is 0. The van der Waals surface area contributed by atoms with Gasteiger partial charge in [0.2, 0.25) is 5.91 Å². The van der Waals surface area contributed by atoms with E-state index in [1.165, 1.54) is 22.2 Å². The molecule has 2 aromatic heterocycles. The Labute approximate surface area is 190 Å². The second-order valence-corrected chi connectivity index (χ2v) is 10.0. The van der Waals surface area contributed by atoms with Crippen molar-refractivity contribution >= 4 is 45.1 Å². The highest BCUT2D eigenvalue weighted by atomic mass is 32.2. The van der Waals surface area contributed by atoms with Gasteiger partial charge in [-0.15, -0.1) is 11.3 Å². The van der Waals surface area contributed by atoms with Gasteiger partial charge in [0.25, 0.3) is 5.91 Å². The second-order valence-electron chi connectivity index (χ2n) is 7.87. The van der Waals surface area contributed by atoms with Crippen molar-refractivity contribution in [2.75, 3.05) is 18.8 Å². The topological polar surface area (TPSA) is 75.2 Å². The lowest BCUT2D eigenvalue weighted by Gasteiger charge is -2.32. The van der Waals surface area contributed by atoms with Crippen molar-refractivity contribution in [1.82, 2.24) is 20.2 Å². The normalized spacial score (nSPS) is 14.7. The van der Waals surface area contributed by atoms with Crippen molar-refractivity contribution in [2.24, 2.45) is 0 Å². The molecule has 6 nitrogen and oxygen atoms in total. The Morgan fingerprint density at radius 2 is 1.90 bits per heavy atom. The molecule has 0 spiro atoms. The number of fused-ring (bicyclic) bond motifs is 1. The fourth-order valence-electron chi connectivity index (χ4n) is 3.84. The summed E-state index contributed by atoms with van der Waals surface area (Å²) in [5, 5.41) is 5.07. The number of aryl methyl sites for hydroxylation is 3. The summed E-state index contributed by atoms with van der Waals surface area (Å²) in [5.41, 5.74) is 2.88. The minimum Gasteiger partial charge on any atom is -0.349 e. The molecule has 8 heteroatoms. The number of aromatic nitrogens is 2. The zero-order chi connectivity index (χ0) is 22.0. The van der Waals surface area contributed by atoms with Crippen LogP contribution in [0.1, 0.15) is 39.2 Å². The summed E-state index contributed by atoms with van der Waals surface area (Å²) in [6, 6.07) is 7.70. The molecule has 3 heterocycles. The minimum atomic E-state index is -0.0346. The number of likely N-dealkylation sites (tertiary alicyclic amines) is 1. The number of amides is 2. The van der Waals surface area contributed by atoms with Crippen LogP contribution in [0.25, 0.3) is 10.2 Å². The molecule has 3 aromatic rings. The predicted octanol–water partition coefficient (Wildman–Crippen LogP) is 4.13. The molecular formula is C23H26N4O2S2. The quantitative estimate of drug-likeness (QED) is 0.463. The molecular weight excluding hydrogens is 428 g/mol. The van der Waals surface area contributed by atoms with Gasteiger partial charge in [0.05, 0.1) is 5.75 Å². The Morgan fingerprint density at radius 1 is 1.16 bits per heavy atom. The maximum Gasteiger partial charge on any atom is 0.251 e. The number of carbonyl (C=O) groups excluding carboxylic acids is 2. The zero-order valence-corrected chi connectivity index (χ0v) is 19.6. The van der Waals surface area contributed by atoms with E-state index in [4.69, 9.17) is 0 Å². The van der Waals surface area contributed by atoms with Crippen LogP contribution in [0.4, 0.5) is 0 Å². The fraction of sp³-hybridized carbons (Fsp3) is 0.391. The van der Waals surface area contributed by atoms with Crippen LogP contribution in [-0.4, -0.2) is 51.6 Å². The number of benzene rings is 1. The third-order valence-corrected chi connectivity index (χ3v) is 7.93. The fourth-order valence-corrected chi connectivity index (χ4v) is 5.86. The molecule has 0 bridgehead atoms. The van der Waals surface area contributed by atoms with Crippen LogP contribution in [0.3, 0.4) is 0 Å². The summed E-state index contributed by atoms with van der Waals surface area (Å²) in [5.74, 6) is 0.443. The molecule has 1 N–H and O–H groups in total. The lowest BCUT2D eigenvalue weighted by Crippen LogP contribution is -2.47. The van der Waals surface area contributed by atoms with Crippen molar-refractivity contribution in [1.29, 1.82) is 0 Å².